The predicted molar refractivity (Wildman–Crippen MR) is 130 cm³/mol. The van der Waals surface area contributed by atoms with Gasteiger partial charge in [0.15, 0.2) is 16.3 Å². The molecule has 5 rings (SSSR count). The molecule has 0 N–H and O–H groups in total. The lowest BCUT2D eigenvalue weighted by Crippen LogP contribution is -2.29. The van der Waals surface area contributed by atoms with Gasteiger partial charge in [0.2, 0.25) is 5.76 Å². The highest BCUT2D eigenvalue weighted by atomic mass is 32.1. The number of Topliss-reactive ketones (excluding diaryl/α,β-unsaturated/α-hetero) is 1. The van der Waals surface area contributed by atoms with E-state index in [-0.39, 0.29) is 33.2 Å². The summed E-state index contributed by atoms with van der Waals surface area (Å²) < 4.78 is 25.6. The molecule has 7 nitrogen and oxygen atoms in total. The van der Waals surface area contributed by atoms with Crippen LogP contribution in [-0.4, -0.2) is 23.3 Å². The van der Waals surface area contributed by atoms with Crippen LogP contribution in [0.1, 0.15) is 63.4 Å². The summed E-state index contributed by atoms with van der Waals surface area (Å²) in [5, 5.41) is 0.310. The number of thiazole rings is 1. The lowest BCUT2D eigenvalue weighted by Gasteiger charge is -2.23. The third kappa shape index (κ3) is 3.81. The smallest absolute Gasteiger partial charge is 0.297 e. The van der Waals surface area contributed by atoms with E-state index in [9.17, 15) is 18.8 Å². The Morgan fingerprint density at radius 1 is 1.23 bits per heavy atom. The van der Waals surface area contributed by atoms with Crippen molar-refractivity contribution in [3.05, 3.63) is 86.0 Å². The normalized spacial score (nSPS) is 15.0. The van der Waals surface area contributed by atoms with Crippen molar-refractivity contribution >= 4 is 39.1 Å². The summed E-state index contributed by atoms with van der Waals surface area (Å²) in [5.41, 5.74) is 0.806. The average Bonchev–Trinajstić information content (AvgIpc) is 3.36. The first kappa shape index (κ1) is 22.9. The van der Waals surface area contributed by atoms with E-state index in [1.807, 2.05) is 6.92 Å². The highest BCUT2D eigenvalue weighted by Gasteiger charge is 2.45. The van der Waals surface area contributed by atoms with Gasteiger partial charge < -0.3 is 9.15 Å². The summed E-state index contributed by atoms with van der Waals surface area (Å²) in [5.74, 6) is -0.856. The number of nitrogens with zero attached hydrogens (tertiary/aromatic N) is 2. The number of fused-ring (bicyclic) bond motifs is 2. The number of aryl methyl sites for hydroxylation is 1. The number of amides is 1. The van der Waals surface area contributed by atoms with Crippen LogP contribution in [-0.2, 0) is 0 Å². The minimum Gasteiger partial charge on any atom is -0.494 e. The Labute approximate surface area is 203 Å². The molecule has 2 aromatic carbocycles. The van der Waals surface area contributed by atoms with Gasteiger partial charge in [0, 0.05) is 6.92 Å². The van der Waals surface area contributed by atoms with Crippen molar-refractivity contribution in [2.24, 2.45) is 0 Å². The Hall–Kier alpha value is -3.85. The Morgan fingerprint density at radius 2 is 2.03 bits per heavy atom. The van der Waals surface area contributed by atoms with Crippen LogP contribution in [0.25, 0.3) is 11.0 Å². The van der Waals surface area contributed by atoms with E-state index in [0.717, 1.165) is 23.8 Å². The summed E-state index contributed by atoms with van der Waals surface area (Å²) in [6.45, 7) is 5.62. The van der Waals surface area contributed by atoms with Gasteiger partial charge in [-0.25, -0.2) is 9.37 Å². The van der Waals surface area contributed by atoms with Gasteiger partial charge in [0.1, 0.15) is 17.1 Å². The summed E-state index contributed by atoms with van der Waals surface area (Å²) in [6.07, 6.45) is 0.814. The van der Waals surface area contributed by atoms with Crippen LogP contribution in [0.2, 0.25) is 0 Å². The third-order valence-corrected chi connectivity index (χ3v) is 7.05. The molecule has 4 aromatic rings. The van der Waals surface area contributed by atoms with Crippen molar-refractivity contribution in [2.45, 2.75) is 33.2 Å². The molecule has 1 aliphatic heterocycles. The van der Waals surface area contributed by atoms with Crippen molar-refractivity contribution in [1.82, 2.24) is 4.98 Å². The van der Waals surface area contributed by atoms with Crippen molar-refractivity contribution in [3.63, 3.8) is 0 Å². The lowest BCUT2D eigenvalue weighted by molar-refractivity contribution is 0.0969. The van der Waals surface area contributed by atoms with Gasteiger partial charge in [0.25, 0.3) is 5.91 Å². The van der Waals surface area contributed by atoms with Crippen LogP contribution in [0.5, 0.6) is 5.75 Å². The fourth-order valence-corrected chi connectivity index (χ4v) is 5.25. The van der Waals surface area contributed by atoms with Crippen LogP contribution in [0.15, 0.2) is 51.7 Å². The highest BCUT2D eigenvalue weighted by molar-refractivity contribution is 7.17. The van der Waals surface area contributed by atoms with Gasteiger partial charge in [-0.1, -0.05) is 30.4 Å². The van der Waals surface area contributed by atoms with Gasteiger partial charge in [-0.2, -0.15) is 0 Å². The maximum atomic E-state index is 14.0. The molecule has 1 aliphatic rings. The summed E-state index contributed by atoms with van der Waals surface area (Å²) in [6, 6.07) is 9.82. The lowest BCUT2D eigenvalue weighted by atomic mass is 9.98. The first-order chi connectivity index (χ1) is 16.8. The van der Waals surface area contributed by atoms with Crippen molar-refractivity contribution < 1.29 is 23.1 Å². The molecule has 9 heteroatoms. The maximum absolute atomic E-state index is 14.0. The monoisotopic (exact) mass is 492 g/mol. The zero-order valence-corrected chi connectivity index (χ0v) is 20.1. The van der Waals surface area contributed by atoms with E-state index in [4.69, 9.17) is 9.15 Å². The summed E-state index contributed by atoms with van der Waals surface area (Å²) in [4.78, 5) is 45.6. The van der Waals surface area contributed by atoms with E-state index >= 15 is 0 Å². The van der Waals surface area contributed by atoms with Crippen LogP contribution < -0.4 is 15.1 Å². The first-order valence-corrected chi connectivity index (χ1v) is 11.9. The third-order valence-electron chi connectivity index (χ3n) is 5.79. The zero-order chi connectivity index (χ0) is 24.9. The molecule has 1 atom stereocenters. The fourth-order valence-electron chi connectivity index (χ4n) is 4.26. The number of benzene rings is 2. The Bertz CT molecular complexity index is 1560. The van der Waals surface area contributed by atoms with Gasteiger partial charge >= 0.3 is 0 Å². The number of carbonyl (C=O) groups excluding carboxylic acids is 2. The molecule has 3 heterocycles. The van der Waals surface area contributed by atoms with Crippen LogP contribution in [0.4, 0.5) is 9.52 Å². The molecule has 0 fully saturated rings. The molecule has 178 valence electrons. The van der Waals surface area contributed by atoms with Crippen molar-refractivity contribution in [1.29, 1.82) is 0 Å². The molecule has 0 unspecified atom stereocenters. The largest absolute Gasteiger partial charge is 0.494 e. The molecular weight excluding hydrogens is 471 g/mol. The minimum atomic E-state index is -0.892. The number of hydrogen-bond acceptors (Lipinski definition) is 7. The van der Waals surface area contributed by atoms with Gasteiger partial charge in [0.05, 0.1) is 34.2 Å². The van der Waals surface area contributed by atoms with E-state index < -0.39 is 23.2 Å². The van der Waals surface area contributed by atoms with E-state index in [1.54, 1.807) is 31.2 Å². The maximum Gasteiger partial charge on any atom is 0.297 e. The summed E-state index contributed by atoms with van der Waals surface area (Å²) >= 11 is 1.08. The number of halogens is 1. The molecule has 0 saturated heterocycles. The zero-order valence-electron chi connectivity index (χ0n) is 19.3. The Kier molecular flexibility index (Phi) is 5.72. The van der Waals surface area contributed by atoms with E-state index in [2.05, 4.69) is 4.98 Å². The molecule has 0 saturated carbocycles. The Balaban J connectivity index is 1.76. The van der Waals surface area contributed by atoms with E-state index in [1.165, 1.54) is 24.0 Å². The van der Waals surface area contributed by atoms with Crippen LogP contribution in [0.3, 0.4) is 0 Å². The number of ketones is 1. The number of ether oxygens (including phenoxy) is 1. The summed E-state index contributed by atoms with van der Waals surface area (Å²) in [7, 11) is 0. The number of carbonyl (C=O) groups is 2. The second-order valence-electron chi connectivity index (χ2n) is 8.28. The minimum absolute atomic E-state index is 0.0431. The molecule has 0 spiro atoms. The molecule has 0 bridgehead atoms. The van der Waals surface area contributed by atoms with Crippen molar-refractivity contribution in [3.8, 4) is 5.75 Å². The van der Waals surface area contributed by atoms with E-state index in [0.29, 0.717) is 28.5 Å². The SMILES string of the molecule is CCCOc1cccc([C@H]2c3c(oc4ccc(F)cc4c3=O)C(=O)N2c2nc(C)c(C(C)=O)s2)c1. The van der Waals surface area contributed by atoms with Crippen LogP contribution >= 0.6 is 11.3 Å². The van der Waals surface area contributed by atoms with Gasteiger partial charge in [-0.15, -0.1) is 0 Å². The van der Waals surface area contributed by atoms with Crippen molar-refractivity contribution in [2.75, 3.05) is 11.5 Å². The molecule has 0 aliphatic carbocycles. The molecule has 2 aromatic heterocycles. The number of anilines is 1. The predicted octanol–water partition coefficient (Wildman–Crippen LogP) is 5.44. The van der Waals surface area contributed by atoms with Gasteiger partial charge in [-0.3, -0.25) is 19.3 Å². The van der Waals surface area contributed by atoms with Crippen LogP contribution in [0, 0.1) is 12.7 Å². The standard InChI is InChI=1S/C26H21FN2O5S/c1-4-10-33-17-7-5-6-15(11-17)21-20-22(31)18-12-16(27)8-9-19(18)34-23(20)25(32)29(21)26-28-13(2)24(35-26)14(3)30/h5-9,11-12,21H,4,10H2,1-3H3/t21-/m0/s1. The molecular formula is C26H21FN2O5S. The highest BCUT2D eigenvalue weighted by Crippen LogP contribution is 2.43. The average molecular weight is 493 g/mol. The number of hydrogen-bond donors (Lipinski definition) is 0. The fraction of sp³-hybridized carbons (Fsp3) is 0.231. The first-order valence-electron chi connectivity index (χ1n) is 11.1. The number of rotatable bonds is 6. The molecule has 35 heavy (non-hydrogen) atoms. The van der Waals surface area contributed by atoms with Gasteiger partial charge in [-0.05, 0) is 49.2 Å². The second kappa shape index (κ2) is 8.74. The Morgan fingerprint density at radius 3 is 2.74 bits per heavy atom. The molecule has 1 amide bonds. The second-order valence-corrected chi connectivity index (χ2v) is 9.26. The molecule has 0 radical (unpaired) electrons. The quantitative estimate of drug-likeness (QED) is 0.333. The topological polar surface area (TPSA) is 89.7 Å². The number of aromatic nitrogens is 1.